The average molecular weight is 372 g/mol. The Hall–Kier alpha value is -0.660. The molecule has 0 aromatic rings. The zero-order valence-electron chi connectivity index (χ0n) is 15.7. The largest absolute Gasteiger partial charge is 0.342 e. The molecule has 0 radical (unpaired) electrons. The summed E-state index contributed by atoms with van der Waals surface area (Å²) in [7, 11) is -3.35. The average Bonchev–Trinajstić information content (AvgIpc) is 2.62. The van der Waals surface area contributed by atoms with Gasteiger partial charge in [0.15, 0.2) is 0 Å². The molecule has 0 N–H and O–H groups in total. The molecule has 3 aliphatic heterocycles. The summed E-state index contributed by atoms with van der Waals surface area (Å²) in [6.45, 7) is 8.39. The highest BCUT2D eigenvalue weighted by Gasteiger charge is 2.37. The summed E-state index contributed by atoms with van der Waals surface area (Å²) in [6, 6.07) is 0. The fourth-order valence-electron chi connectivity index (χ4n) is 4.20. The van der Waals surface area contributed by atoms with Gasteiger partial charge in [0.05, 0.1) is 0 Å². The lowest BCUT2D eigenvalue weighted by Gasteiger charge is -2.38. The Morgan fingerprint density at radius 3 is 1.60 bits per heavy atom. The molecule has 0 aliphatic carbocycles. The number of piperidine rings is 3. The van der Waals surface area contributed by atoms with Crippen LogP contribution in [0.4, 0.5) is 0 Å². The van der Waals surface area contributed by atoms with Crippen LogP contribution < -0.4 is 0 Å². The Labute approximate surface area is 152 Å². The fraction of sp³-hybridized carbons (Fsp3) is 0.944. The third kappa shape index (κ3) is 4.37. The second kappa shape index (κ2) is 7.92. The van der Waals surface area contributed by atoms with Gasteiger partial charge in [-0.1, -0.05) is 13.8 Å². The first kappa shape index (κ1) is 19.1. The maximum Gasteiger partial charge on any atom is 0.281 e. The molecule has 144 valence electrons. The van der Waals surface area contributed by atoms with Gasteiger partial charge in [-0.2, -0.15) is 17.0 Å². The summed E-state index contributed by atoms with van der Waals surface area (Å²) in [6.07, 6.45) is 5.39. The lowest BCUT2D eigenvalue weighted by molar-refractivity contribution is -0.138. The minimum absolute atomic E-state index is 0.00114. The Bertz CT molecular complexity index is 556. The van der Waals surface area contributed by atoms with Crippen LogP contribution >= 0.6 is 0 Å². The van der Waals surface area contributed by atoms with Crippen molar-refractivity contribution in [3.63, 3.8) is 0 Å². The predicted octanol–water partition coefficient (Wildman–Crippen LogP) is 1.93. The molecule has 1 amide bonds. The van der Waals surface area contributed by atoms with Gasteiger partial charge in [-0.05, 0) is 50.4 Å². The molecular weight excluding hydrogens is 338 g/mol. The number of rotatable bonds is 3. The van der Waals surface area contributed by atoms with Crippen molar-refractivity contribution in [3.8, 4) is 0 Å². The van der Waals surface area contributed by atoms with E-state index in [4.69, 9.17) is 0 Å². The summed E-state index contributed by atoms with van der Waals surface area (Å²) in [4.78, 5) is 14.7. The van der Waals surface area contributed by atoms with Crippen LogP contribution in [0.3, 0.4) is 0 Å². The summed E-state index contributed by atoms with van der Waals surface area (Å²) in [5, 5.41) is 0. The third-order valence-corrected chi connectivity index (χ3v) is 8.33. The molecule has 0 atom stereocenters. The maximum absolute atomic E-state index is 12.8. The van der Waals surface area contributed by atoms with Crippen LogP contribution in [0.15, 0.2) is 0 Å². The van der Waals surface area contributed by atoms with Gasteiger partial charge in [0, 0.05) is 45.2 Å². The lowest BCUT2D eigenvalue weighted by atomic mass is 9.93. The van der Waals surface area contributed by atoms with Gasteiger partial charge in [0.25, 0.3) is 10.2 Å². The van der Waals surface area contributed by atoms with Crippen LogP contribution in [-0.4, -0.2) is 67.1 Å². The van der Waals surface area contributed by atoms with E-state index >= 15 is 0 Å². The first-order valence-corrected chi connectivity index (χ1v) is 11.3. The van der Waals surface area contributed by atoms with Gasteiger partial charge in [-0.3, -0.25) is 4.79 Å². The van der Waals surface area contributed by atoms with Crippen LogP contribution in [0.1, 0.15) is 52.4 Å². The number of carbonyl (C=O) groups is 1. The minimum atomic E-state index is -3.35. The van der Waals surface area contributed by atoms with E-state index in [2.05, 4.69) is 13.8 Å². The second-order valence-corrected chi connectivity index (χ2v) is 10.2. The Morgan fingerprint density at radius 2 is 1.12 bits per heavy atom. The molecule has 3 rings (SSSR count). The molecule has 0 aromatic heterocycles. The van der Waals surface area contributed by atoms with Crippen LogP contribution in [-0.2, 0) is 15.0 Å². The van der Waals surface area contributed by atoms with Gasteiger partial charge in [0.2, 0.25) is 5.91 Å². The van der Waals surface area contributed by atoms with Crippen molar-refractivity contribution in [1.29, 1.82) is 0 Å². The number of carbonyl (C=O) groups excluding carboxylic acids is 1. The molecule has 6 nitrogen and oxygen atoms in total. The SMILES string of the molecule is CC1CCN(C(=O)C2CCN(S(=O)(=O)N3CCC(C)CC3)CC2)CC1. The minimum Gasteiger partial charge on any atom is -0.342 e. The summed E-state index contributed by atoms with van der Waals surface area (Å²) < 4.78 is 28.9. The zero-order chi connectivity index (χ0) is 18.0. The van der Waals surface area contributed by atoms with Crippen molar-refractivity contribution >= 4 is 16.1 Å². The summed E-state index contributed by atoms with van der Waals surface area (Å²) in [5.41, 5.74) is 0. The number of nitrogens with zero attached hydrogens (tertiary/aromatic N) is 3. The highest BCUT2D eigenvalue weighted by molar-refractivity contribution is 7.86. The number of likely N-dealkylation sites (tertiary alicyclic amines) is 1. The molecule has 25 heavy (non-hydrogen) atoms. The van der Waals surface area contributed by atoms with Crippen LogP contribution in [0.25, 0.3) is 0 Å². The maximum atomic E-state index is 12.8. The molecular formula is C18H33N3O3S. The van der Waals surface area contributed by atoms with Crippen molar-refractivity contribution in [1.82, 2.24) is 13.5 Å². The molecule has 3 aliphatic rings. The summed E-state index contributed by atoms with van der Waals surface area (Å²) in [5.74, 6) is 1.57. The van der Waals surface area contributed by atoms with Gasteiger partial charge in [-0.15, -0.1) is 0 Å². The van der Waals surface area contributed by atoms with Gasteiger partial charge < -0.3 is 4.90 Å². The number of hydrogen-bond acceptors (Lipinski definition) is 3. The molecule has 0 saturated carbocycles. The van der Waals surface area contributed by atoms with Crippen molar-refractivity contribution in [3.05, 3.63) is 0 Å². The van der Waals surface area contributed by atoms with E-state index < -0.39 is 10.2 Å². The van der Waals surface area contributed by atoms with Gasteiger partial charge in [0.1, 0.15) is 0 Å². The smallest absolute Gasteiger partial charge is 0.281 e. The van der Waals surface area contributed by atoms with Gasteiger partial charge in [-0.25, -0.2) is 0 Å². The highest BCUT2D eigenvalue weighted by atomic mass is 32.2. The van der Waals surface area contributed by atoms with Crippen LogP contribution in [0, 0.1) is 17.8 Å². The quantitative estimate of drug-likeness (QED) is 0.762. The van der Waals surface area contributed by atoms with Gasteiger partial charge >= 0.3 is 0 Å². The molecule has 3 heterocycles. The fourth-order valence-corrected chi connectivity index (χ4v) is 5.87. The van der Waals surface area contributed by atoms with E-state index in [1.165, 1.54) is 0 Å². The van der Waals surface area contributed by atoms with Crippen molar-refractivity contribution in [2.24, 2.45) is 17.8 Å². The standard InChI is InChI=1S/C18H33N3O3S/c1-15-3-9-19(10-4-15)18(22)17-7-13-21(14-8-17)25(23,24)20-11-5-16(2)6-12-20/h15-17H,3-14H2,1-2H3. The van der Waals surface area contributed by atoms with E-state index in [-0.39, 0.29) is 11.8 Å². The highest BCUT2D eigenvalue weighted by Crippen LogP contribution is 2.27. The molecule has 0 bridgehead atoms. The van der Waals surface area contributed by atoms with Crippen LogP contribution in [0.2, 0.25) is 0 Å². The molecule has 3 fully saturated rings. The molecule has 0 spiro atoms. The zero-order valence-corrected chi connectivity index (χ0v) is 16.5. The normalized spacial score (nSPS) is 26.9. The van der Waals surface area contributed by atoms with E-state index in [1.54, 1.807) is 8.61 Å². The second-order valence-electron chi connectivity index (χ2n) is 8.27. The van der Waals surface area contributed by atoms with Crippen molar-refractivity contribution in [2.75, 3.05) is 39.3 Å². The molecule has 0 aromatic carbocycles. The summed E-state index contributed by atoms with van der Waals surface area (Å²) >= 11 is 0. The predicted molar refractivity (Wildman–Crippen MR) is 98.2 cm³/mol. The number of amides is 1. The number of hydrogen-bond donors (Lipinski definition) is 0. The molecule has 7 heteroatoms. The first-order valence-electron chi connectivity index (χ1n) is 9.92. The molecule has 3 saturated heterocycles. The van der Waals surface area contributed by atoms with Crippen molar-refractivity contribution in [2.45, 2.75) is 52.4 Å². The first-order chi connectivity index (χ1) is 11.9. The lowest BCUT2D eigenvalue weighted by Crippen LogP contribution is -2.51. The van der Waals surface area contributed by atoms with E-state index in [1.807, 2.05) is 4.90 Å². The van der Waals surface area contributed by atoms with Crippen LogP contribution in [0.5, 0.6) is 0 Å². The Kier molecular flexibility index (Phi) is 6.06. The molecule has 0 unspecified atom stereocenters. The van der Waals surface area contributed by atoms with E-state index in [0.717, 1.165) is 38.8 Å². The Balaban J connectivity index is 1.52. The van der Waals surface area contributed by atoms with E-state index in [9.17, 15) is 13.2 Å². The Morgan fingerprint density at radius 1 is 0.720 bits per heavy atom. The topological polar surface area (TPSA) is 60.9 Å². The third-order valence-electron chi connectivity index (χ3n) is 6.29. The van der Waals surface area contributed by atoms with E-state index in [0.29, 0.717) is 50.9 Å². The monoisotopic (exact) mass is 371 g/mol. The van der Waals surface area contributed by atoms with Crippen molar-refractivity contribution < 1.29 is 13.2 Å².